The molecule has 0 aromatic heterocycles. The van der Waals surface area contributed by atoms with Crippen molar-refractivity contribution in [1.29, 1.82) is 15.8 Å². The summed E-state index contributed by atoms with van der Waals surface area (Å²) in [7, 11) is 0. The monoisotopic (exact) mass is 1310 g/mol. The summed E-state index contributed by atoms with van der Waals surface area (Å²) in [5, 5.41) is 54.5. The lowest BCUT2D eigenvalue weighted by Crippen LogP contribution is -2.56. The Balaban J connectivity index is 0.000000133. The summed E-state index contributed by atoms with van der Waals surface area (Å²) in [5.41, 5.74) is 6.56. The van der Waals surface area contributed by atoms with Crippen molar-refractivity contribution in [2.75, 3.05) is 39.4 Å². The van der Waals surface area contributed by atoms with Crippen LogP contribution in [0.15, 0.2) is 91.0 Å². The van der Waals surface area contributed by atoms with Gasteiger partial charge in [0.2, 0.25) is 0 Å². The lowest BCUT2D eigenvalue weighted by atomic mass is 9.49. The van der Waals surface area contributed by atoms with Gasteiger partial charge in [-0.3, -0.25) is 14.4 Å². The van der Waals surface area contributed by atoms with Crippen LogP contribution in [-0.4, -0.2) is 159 Å². The van der Waals surface area contributed by atoms with E-state index in [4.69, 9.17) is 35.6 Å². The predicted octanol–water partition coefficient (Wildman–Crippen LogP) is 6.46. The lowest BCUT2D eigenvalue weighted by Gasteiger charge is -2.57. The first-order chi connectivity index (χ1) is 45.1. The van der Waals surface area contributed by atoms with E-state index in [1.165, 1.54) is 83.5 Å². The molecule has 14 aliphatic rings. The van der Waals surface area contributed by atoms with Crippen molar-refractivity contribution in [2.24, 2.45) is 52.1 Å². The minimum absolute atomic E-state index is 0. The van der Waals surface area contributed by atoms with Gasteiger partial charge in [0.05, 0.1) is 43.4 Å². The van der Waals surface area contributed by atoms with Crippen LogP contribution in [0.3, 0.4) is 0 Å². The number of esters is 3. The Labute approximate surface area is 557 Å². The second-order valence-corrected chi connectivity index (χ2v) is 28.7. The number of nitrogens with zero attached hydrogens (tertiary/aromatic N) is 7. The molecule has 8 aliphatic carbocycles. The van der Waals surface area contributed by atoms with Crippen LogP contribution >= 0.6 is 12.4 Å². The molecule has 3 amide bonds. The molecule has 7 N–H and O–H groups in total. The molecule has 23 heteroatoms. The molecule has 6 aliphatic heterocycles. The number of hydrogen-bond acceptors (Lipinski definition) is 19. The number of nitrogens with two attached hydrogens (primary N) is 1. The largest absolute Gasteiger partial charge is 0.423 e. The van der Waals surface area contributed by atoms with Crippen molar-refractivity contribution in [1.82, 2.24) is 35.6 Å². The average molecular weight is 1310 g/mol. The summed E-state index contributed by atoms with van der Waals surface area (Å²) >= 11 is 0. The first-order valence-electron chi connectivity index (χ1n) is 34.0. The summed E-state index contributed by atoms with van der Waals surface area (Å²) in [4.78, 5) is 79.3. The number of aliphatic hydroxyl groups is 2. The van der Waals surface area contributed by atoms with Gasteiger partial charge < -0.3 is 65.7 Å². The number of amides is 3. The average Bonchev–Trinajstić information content (AvgIpc) is 1.31. The molecule has 8 saturated carbocycles. The third-order valence-electron chi connectivity index (χ3n) is 22.3. The maximum Gasteiger partial charge on any atom is 0.423 e. The normalized spacial score (nSPS) is 32.7. The van der Waals surface area contributed by atoms with Gasteiger partial charge in [-0.1, -0.05) is 54.6 Å². The third kappa shape index (κ3) is 16.4. The Morgan fingerprint density at radius 1 is 0.500 bits per heavy atom. The molecule has 14 bridgehead atoms. The standard InChI is InChI=1S/C22H32N4O3.C15H15N3O3.C14H10O4.C13H23NO.C7H11N3.ClH/c23-13-26-17-1-2-19(26)18(8-17)24-20(28)21(29)25(3-4-27)12-22-9-14-5-15(10-22)7-16(6-14)11-22;16-9-18-10-6-7-13(18)12(8-10)17-14(19)15(20)21-11-4-2-1-3-5-11;15-13(17-11-7-3-1-4-8-11)14(16)18-12-9-5-2-6-10-12;15-2-1-14-9-13-6-10-3-11(7-13)5-12(4-10)8-13;8-4-10-5-1-2-7(10)6(9)3-5;/h14-19,27H,1-12H2,(H,24,28);1-5,10,12-13H,6-8H2,(H,17,19);1-10H;10-12,14-15H,1-9H2;5-7H,1-3,9H2;1H/t14?,15?,16?,17-,18+,19?,22?;10-,12+,13?;;;5-,6+,7?;/m00..0./s1. The van der Waals surface area contributed by atoms with Crippen molar-refractivity contribution in [2.45, 2.75) is 189 Å². The maximum atomic E-state index is 13.0. The molecule has 22 nitrogen and oxygen atoms in total. The number of nitrogens with one attached hydrogen (secondary N) is 3. The van der Waals surface area contributed by atoms with E-state index in [0.717, 1.165) is 93.5 Å². The highest BCUT2D eigenvalue weighted by atomic mass is 35.5. The van der Waals surface area contributed by atoms with Gasteiger partial charge in [-0.25, -0.2) is 14.4 Å². The highest BCUT2D eigenvalue weighted by Gasteiger charge is 2.54. The summed E-state index contributed by atoms with van der Waals surface area (Å²) in [5.74, 6) is 1.57. The molecule has 504 valence electrons. The first-order valence-corrected chi connectivity index (χ1v) is 34.0. The van der Waals surface area contributed by atoms with Crippen molar-refractivity contribution in [3.05, 3.63) is 91.0 Å². The van der Waals surface area contributed by atoms with Crippen LogP contribution in [0.4, 0.5) is 0 Å². The van der Waals surface area contributed by atoms with E-state index in [-0.39, 0.29) is 79.9 Å². The SMILES string of the molecule is Cl.N#CN1C2CC[C@H]1C[C@H]2N.N#CN1C2CC[C@H]1C[C@H]2NC(=O)C(=O)N(CCO)CC12CC3CC(CC(C3)C1)C2.N#CN1C2CC[C@H]1C[C@H]2NC(=O)C(=O)Oc1ccccc1.O=C(Oc1ccccc1)C(=O)Oc1ccccc1.OCCNCC12CC3CC(CC(C3)C1)C2. The summed E-state index contributed by atoms with van der Waals surface area (Å²) < 4.78 is 14.7. The maximum absolute atomic E-state index is 13.0. The first kappa shape index (κ1) is 69.3. The van der Waals surface area contributed by atoms with Crippen LogP contribution < -0.4 is 35.9 Å². The van der Waals surface area contributed by atoms with Crippen molar-refractivity contribution in [3.8, 4) is 35.8 Å². The lowest BCUT2D eigenvalue weighted by molar-refractivity contribution is -0.156. The molecule has 6 saturated heterocycles. The molecule has 17 rings (SSSR count). The van der Waals surface area contributed by atoms with Crippen LogP contribution in [0, 0.1) is 80.7 Å². The molecule has 94 heavy (non-hydrogen) atoms. The van der Waals surface area contributed by atoms with Crippen molar-refractivity contribution in [3.63, 3.8) is 0 Å². The zero-order valence-corrected chi connectivity index (χ0v) is 54.4. The number of hydrogen-bond donors (Lipinski definition) is 6. The molecule has 9 atom stereocenters. The number of rotatable bonds is 13. The van der Waals surface area contributed by atoms with E-state index in [1.807, 2.05) is 4.90 Å². The van der Waals surface area contributed by atoms with E-state index in [2.05, 4.69) is 34.5 Å². The van der Waals surface area contributed by atoms with Gasteiger partial charge in [0.15, 0.2) is 18.6 Å². The van der Waals surface area contributed by atoms with E-state index in [0.29, 0.717) is 47.7 Å². The topological polar surface area (TPSA) is 317 Å². The minimum Gasteiger partial charge on any atom is -0.419 e. The number of benzene rings is 3. The molecule has 3 aromatic rings. The van der Waals surface area contributed by atoms with Crippen LogP contribution in [0.1, 0.15) is 135 Å². The number of aliphatic hydroxyl groups excluding tert-OH is 2. The molecule has 0 radical (unpaired) electrons. The Hall–Kier alpha value is -7.52. The number of carbonyl (C=O) groups is 6. The van der Waals surface area contributed by atoms with Crippen molar-refractivity contribution >= 4 is 48.0 Å². The number of para-hydroxylation sites is 3. The smallest absolute Gasteiger partial charge is 0.419 e. The fraction of sp³-hybridized carbons (Fsp3) is 0.620. The summed E-state index contributed by atoms with van der Waals surface area (Å²) in [6.07, 6.45) is 31.6. The van der Waals surface area contributed by atoms with Crippen LogP contribution in [0.5, 0.6) is 17.2 Å². The Bertz CT molecular complexity index is 3120. The third-order valence-corrected chi connectivity index (χ3v) is 22.3. The fourth-order valence-corrected chi connectivity index (χ4v) is 19.5. The fourth-order valence-electron chi connectivity index (χ4n) is 19.5. The van der Waals surface area contributed by atoms with E-state index >= 15 is 0 Å². The van der Waals surface area contributed by atoms with Crippen LogP contribution in [0.25, 0.3) is 0 Å². The molecule has 0 spiro atoms. The number of ether oxygens (including phenoxy) is 3. The molecule has 3 unspecified atom stereocenters. The number of fused-ring (bicyclic) bond motifs is 6. The van der Waals surface area contributed by atoms with Crippen LogP contribution in [0.2, 0.25) is 0 Å². The van der Waals surface area contributed by atoms with Gasteiger partial charge in [-0.2, -0.15) is 15.8 Å². The van der Waals surface area contributed by atoms with Gasteiger partial charge in [0, 0.05) is 50.3 Å². The molecular weight excluding hydrogens is 1220 g/mol. The zero-order valence-electron chi connectivity index (χ0n) is 53.6. The quantitative estimate of drug-likeness (QED) is 0.0352. The minimum atomic E-state index is -1.05. The van der Waals surface area contributed by atoms with Gasteiger partial charge in [0.25, 0.3) is 0 Å². The van der Waals surface area contributed by atoms with E-state index in [1.54, 1.807) is 106 Å². The van der Waals surface area contributed by atoms with E-state index < -0.39 is 35.6 Å². The van der Waals surface area contributed by atoms with Gasteiger partial charge in [0.1, 0.15) is 17.2 Å². The molecule has 14 fully saturated rings. The van der Waals surface area contributed by atoms with Gasteiger partial charge in [-0.15, -0.1) is 12.4 Å². The summed E-state index contributed by atoms with van der Waals surface area (Å²) in [6.45, 7) is 2.92. The summed E-state index contributed by atoms with van der Waals surface area (Å²) in [6, 6.07) is 26.4. The number of carbonyl (C=O) groups excluding carboxylic acids is 6. The molecule has 6 heterocycles. The van der Waals surface area contributed by atoms with Gasteiger partial charge >= 0.3 is 35.6 Å². The Morgan fingerprint density at radius 2 is 0.872 bits per heavy atom. The molecule has 3 aromatic carbocycles. The Morgan fingerprint density at radius 3 is 1.22 bits per heavy atom. The number of halogens is 1. The van der Waals surface area contributed by atoms with Gasteiger partial charge in [-0.05, 0) is 218 Å². The highest BCUT2D eigenvalue weighted by molar-refractivity contribution is 6.35. The van der Waals surface area contributed by atoms with E-state index in [9.17, 15) is 39.1 Å². The highest BCUT2D eigenvalue weighted by Crippen LogP contribution is 2.61. The second kappa shape index (κ2) is 31.4. The van der Waals surface area contributed by atoms with Crippen LogP contribution in [-0.2, 0) is 28.8 Å². The Kier molecular flexibility index (Phi) is 23.1. The number of nitriles is 3. The zero-order chi connectivity index (χ0) is 65.2. The molecular formula is C71H92ClN11O11. The predicted molar refractivity (Wildman–Crippen MR) is 347 cm³/mol. The second-order valence-electron chi connectivity index (χ2n) is 28.7. The van der Waals surface area contributed by atoms with Crippen molar-refractivity contribution < 1.29 is 53.2 Å².